The topological polar surface area (TPSA) is 55.8 Å². The predicted octanol–water partition coefficient (Wildman–Crippen LogP) is -0.100. The van der Waals surface area contributed by atoms with Gasteiger partial charge in [0.05, 0.1) is 12.1 Å². The van der Waals surface area contributed by atoms with Crippen LogP contribution >= 0.6 is 0 Å². The minimum atomic E-state index is -0.661. The van der Waals surface area contributed by atoms with Crippen molar-refractivity contribution in [1.82, 2.24) is 15.1 Å². The van der Waals surface area contributed by atoms with Crippen LogP contribution in [0.5, 0.6) is 0 Å². The van der Waals surface area contributed by atoms with E-state index in [4.69, 9.17) is 0 Å². The minimum absolute atomic E-state index is 0.173. The summed E-state index contributed by atoms with van der Waals surface area (Å²) in [5.41, 5.74) is -0.661. The molecule has 1 heterocycles. The molecule has 1 aliphatic rings. The number of piperazine rings is 1. The highest BCUT2D eigenvalue weighted by atomic mass is 16.3. The molecule has 0 atom stereocenters. The number of rotatable bonds is 5. The lowest BCUT2D eigenvalue weighted by Crippen LogP contribution is -2.53. The molecule has 0 radical (unpaired) electrons. The van der Waals surface area contributed by atoms with E-state index in [9.17, 15) is 9.90 Å². The van der Waals surface area contributed by atoms with Crippen molar-refractivity contribution in [2.24, 2.45) is 0 Å². The SMILES string of the molecule is CC(C)NCC(=O)N1CCN(CC(C)(C)O)CC1. The zero-order valence-electron chi connectivity index (χ0n) is 12.1. The molecule has 18 heavy (non-hydrogen) atoms. The summed E-state index contributed by atoms with van der Waals surface area (Å²) < 4.78 is 0. The molecule has 2 N–H and O–H groups in total. The lowest BCUT2D eigenvalue weighted by Gasteiger charge is -2.37. The predicted molar refractivity (Wildman–Crippen MR) is 72.5 cm³/mol. The van der Waals surface area contributed by atoms with Gasteiger partial charge < -0.3 is 15.3 Å². The van der Waals surface area contributed by atoms with Gasteiger partial charge in [-0.1, -0.05) is 13.8 Å². The molecule has 1 fully saturated rings. The van der Waals surface area contributed by atoms with Crippen LogP contribution in [0.3, 0.4) is 0 Å². The Bertz CT molecular complexity index is 266. The van der Waals surface area contributed by atoms with Gasteiger partial charge >= 0.3 is 0 Å². The average molecular weight is 257 g/mol. The van der Waals surface area contributed by atoms with Gasteiger partial charge in [-0.05, 0) is 13.8 Å². The number of hydrogen-bond donors (Lipinski definition) is 2. The zero-order valence-corrected chi connectivity index (χ0v) is 12.1. The van der Waals surface area contributed by atoms with Crippen molar-refractivity contribution in [3.63, 3.8) is 0 Å². The van der Waals surface area contributed by atoms with E-state index in [1.807, 2.05) is 32.6 Å². The van der Waals surface area contributed by atoms with Gasteiger partial charge in [-0.15, -0.1) is 0 Å². The maximum absolute atomic E-state index is 11.9. The van der Waals surface area contributed by atoms with Crippen LogP contribution in [0.15, 0.2) is 0 Å². The van der Waals surface area contributed by atoms with Crippen molar-refractivity contribution in [2.45, 2.75) is 39.3 Å². The van der Waals surface area contributed by atoms with Gasteiger partial charge in [0, 0.05) is 38.8 Å². The number of carbonyl (C=O) groups is 1. The number of aliphatic hydroxyl groups is 1. The Morgan fingerprint density at radius 1 is 1.28 bits per heavy atom. The monoisotopic (exact) mass is 257 g/mol. The zero-order chi connectivity index (χ0) is 13.8. The van der Waals surface area contributed by atoms with Crippen molar-refractivity contribution in [1.29, 1.82) is 0 Å². The second kappa shape index (κ2) is 6.50. The van der Waals surface area contributed by atoms with E-state index in [1.54, 1.807) is 0 Å². The largest absolute Gasteiger partial charge is 0.389 e. The smallest absolute Gasteiger partial charge is 0.236 e. The van der Waals surface area contributed by atoms with Crippen LogP contribution in [0.2, 0.25) is 0 Å². The molecule has 0 aliphatic carbocycles. The fourth-order valence-corrected chi connectivity index (χ4v) is 2.11. The molecule has 0 aromatic carbocycles. The Morgan fingerprint density at radius 2 is 1.83 bits per heavy atom. The van der Waals surface area contributed by atoms with E-state index >= 15 is 0 Å². The highest BCUT2D eigenvalue weighted by Gasteiger charge is 2.24. The van der Waals surface area contributed by atoms with Crippen LogP contribution < -0.4 is 5.32 Å². The Labute approximate surface area is 110 Å². The van der Waals surface area contributed by atoms with Crippen molar-refractivity contribution < 1.29 is 9.90 Å². The van der Waals surface area contributed by atoms with Gasteiger partial charge in [0.2, 0.25) is 5.91 Å². The summed E-state index contributed by atoms with van der Waals surface area (Å²) in [7, 11) is 0. The summed E-state index contributed by atoms with van der Waals surface area (Å²) in [6.07, 6.45) is 0. The summed E-state index contributed by atoms with van der Waals surface area (Å²) in [5.74, 6) is 0.173. The number of nitrogens with one attached hydrogen (secondary N) is 1. The lowest BCUT2D eigenvalue weighted by atomic mass is 10.1. The maximum atomic E-state index is 11.9. The summed E-state index contributed by atoms with van der Waals surface area (Å²) in [5, 5.41) is 12.9. The van der Waals surface area contributed by atoms with E-state index < -0.39 is 5.60 Å². The molecule has 0 aromatic rings. The molecule has 0 aromatic heterocycles. The van der Waals surface area contributed by atoms with Crippen molar-refractivity contribution in [2.75, 3.05) is 39.3 Å². The molecule has 5 heteroatoms. The van der Waals surface area contributed by atoms with E-state index in [0.29, 0.717) is 19.1 Å². The van der Waals surface area contributed by atoms with Crippen LogP contribution in [0.4, 0.5) is 0 Å². The Balaban J connectivity index is 2.28. The minimum Gasteiger partial charge on any atom is -0.389 e. The number of amides is 1. The Kier molecular flexibility index (Phi) is 5.56. The second-order valence-corrected chi connectivity index (χ2v) is 6.00. The highest BCUT2D eigenvalue weighted by molar-refractivity contribution is 5.78. The van der Waals surface area contributed by atoms with E-state index in [2.05, 4.69) is 10.2 Å². The van der Waals surface area contributed by atoms with Crippen molar-refractivity contribution >= 4 is 5.91 Å². The molecule has 1 aliphatic heterocycles. The fraction of sp³-hybridized carbons (Fsp3) is 0.923. The number of β-amino-alcohol motifs (C(OH)–C–C–N with tert-alkyl or cyclic N) is 1. The molecule has 1 saturated heterocycles. The molecule has 0 bridgehead atoms. The standard InChI is InChI=1S/C13H27N3O2/c1-11(2)14-9-12(17)16-7-5-15(6-8-16)10-13(3,4)18/h11,14,18H,5-10H2,1-4H3. The van der Waals surface area contributed by atoms with Gasteiger partial charge in [-0.2, -0.15) is 0 Å². The third kappa shape index (κ3) is 5.80. The quantitative estimate of drug-likeness (QED) is 0.722. The summed E-state index contributed by atoms with van der Waals surface area (Å²) in [6, 6.07) is 0.338. The van der Waals surface area contributed by atoms with E-state index in [0.717, 1.165) is 26.2 Å². The first-order valence-corrected chi connectivity index (χ1v) is 6.74. The molecule has 1 rings (SSSR count). The molecule has 1 amide bonds. The second-order valence-electron chi connectivity index (χ2n) is 6.00. The first kappa shape index (κ1) is 15.4. The van der Waals surface area contributed by atoms with Crippen LogP contribution in [0, 0.1) is 0 Å². The van der Waals surface area contributed by atoms with E-state index in [-0.39, 0.29) is 5.91 Å². The highest BCUT2D eigenvalue weighted by Crippen LogP contribution is 2.08. The third-order valence-electron chi connectivity index (χ3n) is 3.00. The summed E-state index contributed by atoms with van der Waals surface area (Å²) >= 11 is 0. The van der Waals surface area contributed by atoms with Gasteiger partial charge in [0.25, 0.3) is 0 Å². The number of nitrogens with zero attached hydrogens (tertiary/aromatic N) is 2. The van der Waals surface area contributed by atoms with Gasteiger partial charge in [-0.3, -0.25) is 9.69 Å². The van der Waals surface area contributed by atoms with Gasteiger partial charge in [0.15, 0.2) is 0 Å². The average Bonchev–Trinajstić information content (AvgIpc) is 2.24. The van der Waals surface area contributed by atoms with Gasteiger partial charge in [0.1, 0.15) is 0 Å². The first-order chi connectivity index (χ1) is 8.28. The molecule has 106 valence electrons. The normalized spacial score (nSPS) is 18.4. The van der Waals surface area contributed by atoms with Crippen molar-refractivity contribution in [3.05, 3.63) is 0 Å². The van der Waals surface area contributed by atoms with Crippen molar-refractivity contribution in [3.8, 4) is 0 Å². The van der Waals surface area contributed by atoms with Crippen LogP contribution in [0.25, 0.3) is 0 Å². The van der Waals surface area contributed by atoms with E-state index in [1.165, 1.54) is 0 Å². The first-order valence-electron chi connectivity index (χ1n) is 6.74. The molecular weight excluding hydrogens is 230 g/mol. The fourth-order valence-electron chi connectivity index (χ4n) is 2.11. The molecule has 5 nitrogen and oxygen atoms in total. The molecule has 0 saturated carbocycles. The Morgan fingerprint density at radius 3 is 2.28 bits per heavy atom. The number of carbonyl (C=O) groups excluding carboxylic acids is 1. The summed E-state index contributed by atoms with van der Waals surface area (Å²) in [4.78, 5) is 16.0. The molecular formula is C13H27N3O2. The van der Waals surface area contributed by atoms with Crippen LogP contribution in [0.1, 0.15) is 27.7 Å². The van der Waals surface area contributed by atoms with Crippen LogP contribution in [-0.2, 0) is 4.79 Å². The van der Waals surface area contributed by atoms with Crippen LogP contribution in [-0.4, -0.2) is 71.7 Å². The molecule has 0 unspecified atom stereocenters. The van der Waals surface area contributed by atoms with Gasteiger partial charge in [-0.25, -0.2) is 0 Å². The molecule has 0 spiro atoms. The Hall–Kier alpha value is -0.650. The third-order valence-corrected chi connectivity index (χ3v) is 3.00. The lowest BCUT2D eigenvalue weighted by molar-refractivity contribution is -0.132. The maximum Gasteiger partial charge on any atom is 0.236 e. The number of hydrogen-bond acceptors (Lipinski definition) is 4. The summed E-state index contributed by atoms with van der Waals surface area (Å²) in [6.45, 7) is 12.0.